The SMILES string of the molecule is COc1ccc(NC(=O)Nc2nc3c(C)c(C)ccc3s2)c(OC)c1. The van der Waals surface area contributed by atoms with Gasteiger partial charge in [0.05, 0.1) is 30.1 Å². The van der Waals surface area contributed by atoms with E-state index in [1.54, 1.807) is 25.3 Å². The third-order valence-electron chi connectivity index (χ3n) is 3.96. The first kappa shape index (κ1) is 17.0. The quantitative estimate of drug-likeness (QED) is 0.717. The number of carbonyl (C=O) groups excluding carboxylic acids is 1. The van der Waals surface area contributed by atoms with Crippen LogP contribution < -0.4 is 20.1 Å². The molecule has 3 rings (SSSR count). The number of carbonyl (C=O) groups is 1. The molecule has 3 aromatic rings. The fourth-order valence-corrected chi connectivity index (χ4v) is 3.35. The summed E-state index contributed by atoms with van der Waals surface area (Å²) in [6.07, 6.45) is 0. The number of methoxy groups -OCH3 is 2. The fraction of sp³-hybridized carbons (Fsp3) is 0.222. The highest BCUT2D eigenvalue weighted by molar-refractivity contribution is 7.22. The maximum atomic E-state index is 12.3. The van der Waals surface area contributed by atoms with E-state index in [0.29, 0.717) is 22.3 Å². The Morgan fingerprint density at radius 1 is 1.08 bits per heavy atom. The minimum absolute atomic E-state index is 0.378. The number of hydrogen-bond donors (Lipinski definition) is 2. The molecule has 7 heteroatoms. The first-order chi connectivity index (χ1) is 12.0. The number of fused-ring (bicyclic) bond motifs is 1. The first-order valence-corrected chi connectivity index (χ1v) is 8.50. The van der Waals surface area contributed by atoms with Gasteiger partial charge in [-0.2, -0.15) is 0 Å². The van der Waals surface area contributed by atoms with Gasteiger partial charge in [-0.15, -0.1) is 0 Å². The maximum Gasteiger partial charge on any atom is 0.325 e. The Balaban J connectivity index is 1.78. The second-order valence-corrected chi connectivity index (χ2v) is 6.55. The number of thiazole rings is 1. The van der Waals surface area contributed by atoms with Crippen LogP contribution in [0.4, 0.5) is 15.6 Å². The highest BCUT2D eigenvalue weighted by atomic mass is 32.1. The molecule has 1 heterocycles. The lowest BCUT2D eigenvalue weighted by Gasteiger charge is -2.11. The highest BCUT2D eigenvalue weighted by Crippen LogP contribution is 2.31. The van der Waals surface area contributed by atoms with Crippen LogP contribution in [-0.2, 0) is 0 Å². The summed E-state index contributed by atoms with van der Waals surface area (Å²) in [5.41, 5.74) is 3.77. The summed E-state index contributed by atoms with van der Waals surface area (Å²) in [4.78, 5) is 16.8. The summed E-state index contributed by atoms with van der Waals surface area (Å²) in [6, 6.07) is 8.88. The average molecular weight is 357 g/mol. The number of anilines is 2. The number of ether oxygens (including phenoxy) is 2. The van der Waals surface area contributed by atoms with Crippen LogP contribution in [0.2, 0.25) is 0 Å². The molecule has 0 radical (unpaired) electrons. The van der Waals surface area contributed by atoms with Crippen LogP contribution >= 0.6 is 11.3 Å². The average Bonchev–Trinajstić information content (AvgIpc) is 3.01. The number of nitrogens with one attached hydrogen (secondary N) is 2. The van der Waals surface area contributed by atoms with E-state index < -0.39 is 0 Å². The summed E-state index contributed by atoms with van der Waals surface area (Å²) in [7, 11) is 3.11. The predicted molar refractivity (Wildman–Crippen MR) is 101 cm³/mol. The van der Waals surface area contributed by atoms with Crippen molar-refractivity contribution in [3.8, 4) is 11.5 Å². The third kappa shape index (κ3) is 3.51. The number of hydrogen-bond acceptors (Lipinski definition) is 5. The Morgan fingerprint density at radius 2 is 1.88 bits per heavy atom. The minimum Gasteiger partial charge on any atom is -0.497 e. The summed E-state index contributed by atoms with van der Waals surface area (Å²) < 4.78 is 11.5. The topological polar surface area (TPSA) is 72.5 Å². The van der Waals surface area contributed by atoms with E-state index in [0.717, 1.165) is 15.8 Å². The zero-order valence-electron chi connectivity index (χ0n) is 14.5. The van der Waals surface area contributed by atoms with Crippen molar-refractivity contribution in [2.45, 2.75) is 13.8 Å². The van der Waals surface area contributed by atoms with Crippen molar-refractivity contribution in [1.82, 2.24) is 4.98 Å². The molecule has 6 nitrogen and oxygen atoms in total. The molecule has 0 atom stereocenters. The van der Waals surface area contributed by atoms with Gasteiger partial charge in [0.1, 0.15) is 11.5 Å². The van der Waals surface area contributed by atoms with Gasteiger partial charge in [0.25, 0.3) is 0 Å². The summed E-state index contributed by atoms with van der Waals surface area (Å²) in [5.74, 6) is 1.17. The molecule has 130 valence electrons. The molecule has 0 spiro atoms. The molecule has 0 aliphatic rings. The number of amides is 2. The van der Waals surface area contributed by atoms with Gasteiger partial charge >= 0.3 is 6.03 Å². The number of aromatic nitrogens is 1. The van der Waals surface area contributed by atoms with E-state index in [4.69, 9.17) is 9.47 Å². The molecule has 0 bridgehead atoms. The van der Waals surface area contributed by atoms with Gasteiger partial charge in [0.15, 0.2) is 5.13 Å². The van der Waals surface area contributed by atoms with Gasteiger partial charge in [-0.25, -0.2) is 9.78 Å². The van der Waals surface area contributed by atoms with Crippen LogP contribution in [0.15, 0.2) is 30.3 Å². The van der Waals surface area contributed by atoms with E-state index in [-0.39, 0.29) is 6.03 Å². The molecule has 2 amide bonds. The molecule has 1 aromatic heterocycles. The maximum absolute atomic E-state index is 12.3. The predicted octanol–water partition coefficient (Wildman–Crippen LogP) is 4.57. The van der Waals surface area contributed by atoms with Crippen LogP contribution in [0.5, 0.6) is 11.5 Å². The Hall–Kier alpha value is -2.80. The van der Waals surface area contributed by atoms with Crippen molar-refractivity contribution in [1.29, 1.82) is 0 Å². The summed E-state index contributed by atoms with van der Waals surface area (Å²) in [6.45, 7) is 4.08. The van der Waals surface area contributed by atoms with Gasteiger partial charge in [0, 0.05) is 6.07 Å². The number of benzene rings is 2. The second-order valence-electron chi connectivity index (χ2n) is 5.52. The molecular weight excluding hydrogens is 338 g/mol. The number of urea groups is 1. The van der Waals surface area contributed by atoms with Crippen LogP contribution in [0, 0.1) is 13.8 Å². The summed E-state index contributed by atoms with van der Waals surface area (Å²) >= 11 is 1.44. The molecule has 0 aliphatic carbocycles. The van der Waals surface area contributed by atoms with Gasteiger partial charge in [-0.1, -0.05) is 17.4 Å². The first-order valence-electron chi connectivity index (χ1n) is 7.68. The lowest BCUT2D eigenvalue weighted by molar-refractivity contribution is 0.262. The molecule has 0 fully saturated rings. The van der Waals surface area contributed by atoms with Crippen molar-refractivity contribution in [2.24, 2.45) is 0 Å². The van der Waals surface area contributed by atoms with Crippen molar-refractivity contribution in [3.63, 3.8) is 0 Å². The number of rotatable bonds is 4. The zero-order chi connectivity index (χ0) is 18.0. The van der Waals surface area contributed by atoms with Gasteiger partial charge in [0.2, 0.25) is 0 Å². The monoisotopic (exact) mass is 357 g/mol. The van der Waals surface area contributed by atoms with E-state index in [2.05, 4.69) is 21.7 Å². The zero-order valence-corrected chi connectivity index (χ0v) is 15.3. The Bertz CT molecular complexity index is 937. The van der Waals surface area contributed by atoms with Crippen LogP contribution in [0.1, 0.15) is 11.1 Å². The van der Waals surface area contributed by atoms with Crippen molar-refractivity contribution < 1.29 is 14.3 Å². The van der Waals surface area contributed by atoms with Crippen molar-refractivity contribution >= 4 is 38.4 Å². The van der Waals surface area contributed by atoms with Crippen molar-refractivity contribution in [3.05, 3.63) is 41.5 Å². The Kier molecular flexibility index (Phi) is 4.76. The third-order valence-corrected chi connectivity index (χ3v) is 4.90. The van der Waals surface area contributed by atoms with E-state index >= 15 is 0 Å². The molecule has 2 N–H and O–H groups in total. The molecule has 2 aromatic carbocycles. The smallest absolute Gasteiger partial charge is 0.325 e. The molecule has 0 unspecified atom stereocenters. The molecule has 0 saturated heterocycles. The van der Waals surface area contributed by atoms with Crippen LogP contribution in [0.3, 0.4) is 0 Å². The van der Waals surface area contributed by atoms with E-state index in [9.17, 15) is 4.79 Å². The van der Waals surface area contributed by atoms with Crippen LogP contribution in [-0.4, -0.2) is 25.2 Å². The van der Waals surface area contributed by atoms with Crippen LogP contribution in [0.25, 0.3) is 10.2 Å². The number of aryl methyl sites for hydroxylation is 2. The standard InChI is InChI=1S/C18H19N3O3S/c1-10-5-8-15-16(11(10)2)20-18(25-15)21-17(22)19-13-7-6-12(23-3)9-14(13)24-4/h5-9H,1-4H3,(H2,19,20,21,22). The Labute approximate surface area is 149 Å². The molecule has 0 aliphatic heterocycles. The van der Waals surface area contributed by atoms with E-state index in [1.165, 1.54) is 24.0 Å². The molecular formula is C18H19N3O3S. The second kappa shape index (κ2) is 6.98. The number of nitrogens with zero attached hydrogens (tertiary/aromatic N) is 1. The summed E-state index contributed by atoms with van der Waals surface area (Å²) in [5, 5.41) is 6.09. The minimum atomic E-state index is -0.378. The van der Waals surface area contributed by atoms with E-state index in [1.807, 2.05) is 19.9 Å². The fourth-order valence-electron chi connectivity index (χ4n) is 2.43. The Morgan fingerprint density at radius 3 is 2.60 bits per heavy atom. The van der Waals surface area contributed by atoms with Gasteiger partial charge in [-0.3, -0.25) is 5.32 Å². The lowest BCUT2D eigenvalue weighted by Crippen LogP contribution is -2.19. The van der Waals surface area contributed by atoms with Crippen molar-refractivity contribution in [2.75, 3.05) is 24.9 Å². The van der Waals surface area contributed by atoms with Gasteiger partial charge < -0.3 is 14.8 Å². The molecule has 25 heavy (non-hydrogen) atoms. The lowest BCUT2D eigenvalue weighted by atomic mass is 10.1. The van der Waals surface area contributed by atoms with Gasteiger partial charge in [-0.05, 0) is 43.2 Å². The normalized spacial score (nSPS) is 10.6. The molecule has 0 saturated carbocycles. The largest absolute Gasteiger partial charge is 0.497 e. The highest BCUT2D eigenvalue weighted by Gasteiger charge is 2.12.